The first-order valence-electron chi connectivity index (χ1n) is 9.35. The summed E-state index contributed by atoms with van der Waals surface area (Å²) >= 11 is 3.18. The average molecular weight is 399 g/mol. The van der Waals surface area contributed by atoms with Crippen molar-refractivity contribution in [3.05, 3.63) is 34.7 Å². The van der Waals surface area contributed by atoms with Gasteiger partial charge in [-0.2, -0.15) is 8.75 Å². The number of hydrogen-bond acceptors (Lipinski definition) is 4. The van der Waals surface area contributed by atoms with E-state index in [4.69, 9.17) is 0 Å². The zero-order chi connectivity index (χ0) is 18.6. The van der Waals surface area contributed by atoms with Gasteiger partial charge in [0.25, 0.3) is 0 Å². The third-order valence-electron chi connectivity index (χ3n) is 4.19. The van der Waals surface area contributed by atoms with E-state index >= 15 is 0 Å². The Kier molecular flexibility index (Phi) is 6.28. The third kappa shape index (κ3) is 4.82. The lowest BCUT2D eigenvalue weighted by molar-refractivity contribution is 0.670. The van der Waals surface area contributed by atoms with Crippen LogP contribution in [0, 0.1) is 11.5 Å². The molecule has 0 fully saturated rings. The Labute approximate surface area is 166 Å². The fourth-order valence-electron chi connectivity index (χ4n) is 2.80. The lowest BCUT2D eigenvalue weighted by Crippen LogP contribution is -2.16. The molecule has 0 saturated heterocycles. The van der Waals surface area contributed by atoms with Crippen molar-refractivity contribution in [2.45, 2.75) is 58.7 Å². The molecule has 0 amide bonds. The van der Waals surface area contributed by atoms with Crippen LogP contribution in [0.1, 0.15) is 43.0 Å². The molecule has 0 unspecified atom stereocenters. The Hall–Kier alpha value is -1.48. The van der Waals surface area contributed by atoms with Crippen LogP contribution in [-0.4, -0.2) is 16.8 Å². The first-order valence-corrected chi connectivity index (χ1v) is 14.4. The number of benzene rings is 1. The molecular formula is C21H26N2S2Si. The highest BCUT2D eigenvalue weighted by atomic mass is 32.1. The van der Waals surface area contributed by atoms with Gasteiger partial charge >= 0.3 is 0 Å². The van der Waals surface area contributed by atoms with Crippen molar-refractivity contribution >= 4 is 42.2 Å². The van der Waals surface area contributed by atoms with Gasteiger partial charge in [-0.25, -0.2) is 0 Å². The number of fused-ring (bicyclic) bond motifs is 1. The fraction of sp³-hybridized carbons (Fsp3) is 0.429. The number of nitrogens with zero attached hydrogens (tertiary/aromatic N) is 2. The molecule has 0 saturated carbocycles. The second-order valence-electron chi connectivity index (χ2n) is 7.70. The van der Waals surface area contributed by atoms with Crippen molar-refractivity contribution in [2.24, 2.45) is 0 Å². The summed E-state index contributed by atoms with van der Waals surface area (Å²) in [5.41, 5.74) is 7.60. The average Bonchev–Trinajstić information content (AvgIpc) is 3.25. The Morgan fingerprint density at radius 1 is 0.962 bits per heavy atom. The molecule has 26 heavy (non-hydrogen) atoms. The summed E-state index contributed by atoms with van der Waals surface area (Å²) in [4.78, 5) is 2.76. The van der Waals surface area contributed by atoms with Gasteiger partial charge < -0.3 is 0 Å². The van der Waals surface area contributed by atoms with Crippen LogP contribution < -0.4 is 0 Å². The quantitative estimate of drug-likeness (QED) is 0.260. The number of aryl methyl sites for hydroxylation is 1. The predicted molar refractivity (Wildman–Crippen MR) is 119 cm³/mol. The number of aromatic nitrogens is 2. The molecule has 0 N–H and O–H groups in total. The topological polar surface area (TPSA) is 25.8 Å². The minimum atomic E-state index is -1.40. The van der Waals surface area contributed by atoms with Crippen LogP contribution in [0.25, 0.3) is 21.5 Å². The lowest BCUT2D eigenvalue weighted by atomic mass is 10.1. The van der Waals surface area contributed by atoms with Crippen molar-refractivity contribution in [3.8, 4) is 21.9 Å². The number of unbranched alkanes of at least 4 members (excludes halogenated alkanes) is 3. The highest BCUT2D eigenvalue weighted by Gasteiger charge is 2.14. The van der Waals surface area contributed by atoms with Gasteiger partial charge in [0.1, 0.15) is 19.1 Å². The normalized spacial score (nSPS) is 11.5. The van der Waals surface area contributed by atoms with Crippen LogP contribution in [0.4, 0.5) is 0 Å². The summed E-state index contributed by atoms with van der Waals surface area (Å²) in [7, 11) is -1.40. The first kappa shape index (κ1) is 19.3. The zero-order valence-electron chi connectivity index (χ0n) is 16.1. The van der Waals surface area contributed by atoms with Crippen LogP contribution in [0.2, 0.25) is 19.6 Å². The van der Waals surface area contributed by atoms with Crippen molar-refractivity contribution in [1.82, 2.24) is 8.75 Å². The number of rotatable bonds is 6. The van der Waals surface area contributed by atoms with Crippen LogP contribution in [0.5, 0.6) is 0 Å². The monoisotopic (exact) mass is 398 g/mol. The zero-order valence-corrected chi connectivity index (χ0v) is 18.7. The summed E-state index contributed by atoms with van der Waals surface area (Å²) < 4.78 is 9.11. The van der Waals surface area contributed by atoms with Gasteiger partial charge in [-0.1, -0.05) is 51.7 Å². The lowest BCUT2D eigenvalue weighted by Gasteiger charge is -2.04. The summed E-state index contributed by atoms with van der Waals surface area (Å²) in [6, 6.07) is 8.80. The summed E-state index contributed by atoms with van der Waals surface area (Å²) in [6.45, 7) is 9.05. The van der Waals surface area contributed by atoms with Gasteiger partial charge in [-0.05, 0) is 37.1 Å². The summed E-state index contributed by atoms with van der Waals surface area (Å²) in [6.07, 6.45) is 6.42. The van der Waals surface area contributed by atoms with E-state index in [9.17, 15) is 0 Å². The Morgan fingerprint density at radius 2 is 1.77 bits per heavy atom. The molecule has 3 rings (SSSR count). The molecule has 2 heterocycles. The second-order valence-corrected chi connectivity index (χ2v) is 14.1. The largest absolute Gasteiger partial charge is 0.172 e. The molecule has 3 aromatic rings. The van der Waals surface area contributed by atoms with Gasteiger partial charge in [-0.3, -0.25) is 0 Å². The smallest absolute Gasteiger partial charge is 0.129 e. The Bertz CT molecular complexity index is 938. The molecule has 5 heteroatoms. The molecule has 2 aromatic heterocycles. The van der Waals surface area contributed by atoms with E-state index in [2.05, 4.69) is 71.0 Å². The van der Waals surface area contributed by atoms with Gasteiger partial charge in [-0.15, -0.1) is 16.9 Å². The van der Waals surface area contributed by atoms with E-state index in [1.165, 1.54) is 59.2 Å². The van der Waals surface area contributed by atoms with E-state index in [1.54, 1.807) is 0 Å². The van der Waals surface area contributed by atoms with Crippen molar-refractivity contribution in [3.63, 3.8) is 0 Å². The molecule has 0 atom stereocenters. The van der Waals surface area contributed by atoms with Crippen LogP contribution >= 0.6 is 23.1 Å². The van der Waals surface area contributed by atoms with E-state index in [0.717, 1.165) is 16.6 Å². The van der Waals surface area contributed by atoms with Crippen LogP contribution in [-0.2, 0) is 6.42 Å². The third-order valence-corrected chi connectivity index (χ3v) is 6.77. The van der Waals surface area contributed by atoms with Crippen LogP contribution in [0.3, 0.4) is 0 Å². The Balaban J connectivity index is 1.87. The SMILES string of the molecule is CCCCCCc1ccc(-c2ccc(C#C[Si](C)(C)C)c3nsnc23)s1. The second kappa shape index (κ2) is 8.47. The fourth-order valence-corrected chi connectivity index (χ4v) is 4.96. The summed E-state index contributed by atoms with van der Waals surface area (Å²) in [5, 5.41) is 0. The number of hydrogen-bond donors (Lipinski definition) is 0. The van der Waals surface area contributed by atoms with E-state index in [0.29, 0.717) is 0 Å². The summed E-state index contributed by atoms with van der Waals surface area (Å²) in [5.74, 6) is 3.36. The maximum absolute atomic E-state index is 4.58. The molecule has 0 bridgehead atoms. The highest BCUT2D eigenvalue weighted by molar-refractivity contribution is 7.15. The van der Waals surface area contributed by atoms with Crippen molar-refractivity contribution in [1.29, 1.82) is 0 Å². The van der Waals surface area contributed by atoms with Crippen molar-refractivity contribution in [2.75, 3.05) is 0 Å². The first-order chi connectivity index (χ1) is 12.5. The highest BCUT2D eigenvalue weighted by Crippen LogP contribution is 2.34. The minimum absolute atomic E-state index is 0.955. The van der Waals surface area contributed by atoms with E-state index < -0.39 is 8.07 Å². The molecule has 0 spiro atoms. The number of thiophene rings is 1. The predicted octanol–water partition coefficient (Wildman–Crippen LogP) is 6.77. The molecule has 1 aromatic carbocycles. The molecule has 2 nitrogen and oxygen atoms in total. The van der Waals surface area contributed by atoms with E-state index in [1.807, 2.05) is 11.3 Å². The van der Waals surface area contributed by atoms with Gasteiger partial charge in [0.2, 0.25) is 0 Å². The van der Waals surface area contributed by atoms with E-state index in [-0.39, 0.29) is 0 Å². The molecule has 136 valence electrons. The maximum atomic E-state index is 4.58. The van der Waals surface area contributed by atoms with Gasteiger partial charge in [0, 0.05) is 15.3 Å². The molecule has 0 aliphatic heterocycles. The molecule has 0 aliphatic carbocycles. The molecule has 0 aliphatic rings. The van der Waals surface area contributed by atoms with Gasteiger partial charge in [0.05, 0.1) is 17.3 Å². The Morgan fingerprint density at radius 3 is 2.54 bits per heavy atom. The molecular weight excluding hydrogens is 372 g/mol. The standard InChI is InChI=1S/C21H26N2S2Si/c1-5-6-7-8-9-17-11-13-19(24-17)18-12-10-16(14-15-26(2,3)4)20-21(18)23-25-22-20/h10-13H,5-9H2,1-4H3. The maximum Gasteiger partial charge on any atom is 0.129 e. The van der Waals surface area contributed by atoms with Crippen LogP contribution in [0.15, 0.2) is 24.3 Å². The molecule has 0 radical (unpaired) electrons. The minimum Gasteiger partial charge on any atom is -0.172 e. The van der Waals surface area contributed by atoms with Gasteiger partial charge in [0.15, 0.2) is 0 Å². The van der Waals surface area contributed by atoms with Crippen molar-refractivity contribution < 1.29 is 0 Å².